The molecule has 2 rings (SSSR count). The van der Waals surface area contributed by atoms with E-state index in [4.69, 9.17) is 4.74 Å². The van der Waals surface area contributed by atoms with Gasteiger partial charge in [0.05, 0.1) is 13.2 Å². The van der Waals surface area contributed by atoms with Crippen LogP contribution in [0, 0.1) is 5.92 Å². The number of carbonyl (C=O) groups is 2. The highest BCUT2D eigenvalue weighted by Gasteiger charge is 2.09. The Balaban J connectivity index is 1.87. The normalized spacial score (nSPS) is 10.5. The zero-order valence-electron chi connectivity index (χ0n) is 17.0. The highest BCUT2D eigenvalue weighted by atomic mass is 16.5. The quantitative estimate of drug-likeness (QED) is 0.690. The third kappa shape index (κ3) is 6.95. The molecule has 0 saturated carbocycles. The number of carbonyl (C=O) groups excluding carboxylic acids is 2. The van der Waals surface area contributed by atoms with Gasteiger partial charge in [0, 0.05) is 37.1 Å². The minimum atomic E-state index is -0.194. The zero-order valence-corrected chi connectivity index (χ0v) is 17.0. The molecular weight excluding hydrogens is 354 g/mol. The Labute approximate surface area is 166 Å². The molecule has 6 nitrogen and oxygen atoms in total. The molecule has 0 aliphatic carbocycles. The van der Waals surface area contributed by atoms with Gasteiger partial charge in [-0.1, -0.05) is 26.0 Å². The van der Waals surface area contributed by atoms with E-state index in [9.17, 15) is 9.59 Å². The molecule has 2 aromatic carbocycles. The van der Waals surface area contributed by atoms with Crippen LogP contribution in [0.5, 0.6) is 5.75 Å². The summed E-state index contributed by atoms with van der Waals surface area (Å²) in [5.74, 6) is 1.07. The lowest BCUT2D eigenvalue weighted by molar-refractivity contribution is -0.114. The van der Waals surface area contributed by atoms with E-state index < -0.39 is 0 Å². The van der Waals surface area contributed by atoms with Crippen molar-refractivity contribution in [1.82, 2.24) is 4.90 Å². The summed E-state index contributed by atoms with van der Waals surface area (Å²) in [6, 6.07) is 14.5. The Morgan fingerprint density at radius 3 is 2.46 bits per heavy atom. The van der Waals surface area contributed by atoms with Gasteiger partial charge in [0.25, 0.3) is 5.91 Å². The summed E-state index contributed by atoms with van der Waals surface area (Å²) in [5, 5.41) is 5.90. The van der Waals surface area contributed by atoms with Crippen molar-refractivity contribution in [3.8, 4) is 5.75 Å². The summed E-state index contributed by atoms with van der Waals surface area (Å²) in [6.07, 6.45) is 0.995. The predicted octanol–water partition coefficient (Wildman–Crippen LogP) is 3.86. The van der Waals surface area contributed by atoms with Crippen molar-refractivity contribution >= 4 is 23.2 Å². The van der Waals surface area contributed by atoms with Crippen molar-refractivity contribution in [2.24, 2.45) is 5.92 Å². The van der Waals surface area contributed by atoms with Gasteiger partial charge in [-0.05, 0) is 42.7 Å². The van der Waals surface area contributed by atoms with Gasteiger partial charge in [-0.15, -0.1) is 0 Å². The fourth-order valence-electron chi connectivity index (χ4n) is 2.48. The van der Waals surface area contributed by atoms with Crippen molar-refractivity contribution in [1.29, 1.82) is 0 Å². The first-order valence-electron chi connectivity index (χ1n) is 9.43. The molecule has 0 spiro atoms. The Hall–Kier alpha value is -3.02. The molecule has 2 N–H and O–H groups in total. The fourth-order valence-corrected chi connectivity index (χ4v) is 2.48. The number of anilines is 2. The average Bonchev–Trinajstić information content (AvgIpc) is 2.66. The molecule has 6 heteroatoms. The third-order valence-corrected chi connectivity index (χ3v) is 4.05. The largest absolute Gasteiger partial charge is 0.494 e. The molecule has 0 unspecified atom stereocenters. The SMILES string of the molecule is CC(C)CCOc1cccc(NCC(=O)Nc2cccc(C(=O)N(C)C)c2)c1. The van der Waals surface area contributed by atoms with E-state index in [2.05, 4.69) is 24.5 Å². The average molecular weight is 383 g/mol. The lowest BCUT2D eigenvalue weighted by Gasteiger charge is -2.13. The topological polar surface area (TPSA) is 70.7 Å². The lowest BCUT2D eigenvalue weighted by atomic mass is 10.1. The van der Waals surface area contributed by atoms with Crippen LogP contribution in [-0.4, -0.2) is 44.0 Å². The summed E-state index contributed by atoms with van der Waals surface area (Å²) in [7, 11) is 3.39. The van der Waals surface area contributed by atoms with Crippen LogP contribution in [0.25, 0.3) is 0 Å². The minimum absolute atomic E-state index is 0.108. The molecule has 150 valence electrons. The van der Waals surface area contributed by atoms with Crippen molar-refractivity contribution in [3.63, 3.8) is 0 Å². The smallest absolute Gasteiger partial charge is 0.253 e. The van der Waals surface area contributed by atoms with Gasteiger partial charge in [0.2, 0.25) is 5.91 Å². The van der Waals surface area contributed by atoms with Gasteiger partial charge in [-0.2, -0.15) is 0 Å². The van der Waals surface area contributed by atoms with E-state index in [1.165, 1.54) is 4.90 Å². The van der Waals surface area contributed by atoms with Gasteiger partial charge >= 0.3 is 0 Å². The molecule has 0 bridgehead atoms. The number of hydrogen-bond acceptors (Lipinski definition) is 4. The van der Waals surface area contributed by atoms with Crippen molar-refractivity contribution < 1.29 is 14.3 Å². The van der Waals surface area contributed by atoms with E-state index >= 15 is 0 Å². The maximum atomic E-state index is 12.2. The maximum Gasteiger partial charge on any atom is 0.253 e. The van der Waals surface area contributed by atoms with Crippen molar-refractivity contribution in [3.05, 3.63) is 54.1 Å². The Morgan fingerprint density at radius 2 is 1.75 bits per heavy atom. The second kappa shape index (κ2) is 10.3. The van der Waals surface area contributed by atoms with E-state index in [1.807, 2.05) is 24.3 Å². The molecule has 0 aliphatic rings. The highest BCUT2D eigenvalue weighted by Crippen LogP contribution is 2.18. The molecule has 0 aromatic heterocycles. The van der Waals surface area contributed by atoms with Crippen LogP contribution in [0.15, 0.2) is 48.5 Å². The Morgan fingerprint density at radius 1 is 1.04 bits per heavy atom. The second-order valence-corrected chi connectivity index (χ2v) is 7.24. The van der Waals surface area contributed by atoms with Crippen LogP contribution in [0.2, 0.25) is 0 Å². The minimum Gasteiger partial charge on any atom is -0.494 e. The molecule has 0 heterocycles. The lowest BCUT2D eigenvalue weighted by Crippen LogP contribution is -2.23. The molecule has 0 aliphatic heterocycles. The molecular formula is C22H29N3O3. The zero-order chi connectivity index (χ0) is 20.5. The molecule has 2 aromatic rings. The summed E-state index contributed by atoms with van der Waals surface area (Å²) in [6.45, 7) is 5.10. The van der Waals surface area contributed by atoms with Crippen molar-refractivity contribution in [2.75, 3.05) is 37.9 Å². The summed E-state index contributed by atoms with van der Waals surface area (Å²) in [5.41, 5.74) is 1.93. The van der Waals surface area contributed by atoms with Crippen LogP contribution in [-0.2, 0) is 4.79 Å². The Bertz CT molecular complexity index is 803. The first-order valence-corrected chi connectivity index (χ1v) is 9.43. The second-order valence-electron chi connectivity index (χ2n) is 7.24. The van der Waals surface area contributed by atoms with Gasteiger partial charge < -0.3 is 20.3 Å². The number of hydrogen-bond donors (Lipinski definition) is 2. The van der Waals surface area contributed by atoms with E-state index in [0.717, 1.165) is 17.9 Å². The van der Waals surface area contributed by atoms with Gasteiger partial charge in [-0.25, -0.2) is 0 Å². The van der Waals surface area contributed by atoms with E-state index in [0.29, 0.717) is 23.8 Å². The van der Waals surface area contributed by atoms with Crippen LogP contribution < -0.4 is 15.4 Å². The summed E-state index contributed by atoms with van der Waals surface area (Å²) in [4.78, 5) is 25.8. The number of benzene rings is 2. The molecule has 0 radical (unpaired) electrons. The highest BCUT2D eigenvalue weighted by molar-refractivity contribution is 5.97. The van der Waals surface area contributed by atoms with Crippen LogP contribution in [0.4, 0.5) is 11.4 Å². The predicted molar refractivity (Wildman–Crippen MR) is 113 cm³/mol. The molecule has 0 saturated heterocycles. The first kappa shape index (κ1) is 21.3. The van der Waals surface area contributed by atoms with Gasteiger partial charge in [0.15, 0.2) is 0 Å². The Kier molecular flexibility index (Phi) is 7.87. The fraction of sp³-hybridized carbons (Fsp3) is 0.364. The van der Waals surface area contributed by atoms with Crippen LogP contribution >= 0.6 is 0 Å². The summed E-state index contributed by atoms with van der Waals surface area (Å²) < 4.78 is 5.74. The number of nitrogens with one attached hydrogen (secondary N) is 2. The molecule has 0 fully saturated rings. The van der Waals surface area contributed by atoms with Crippen LogP contribution in [0.1, 0.15) is 30.6 Å². The van der Waals surface area contributed by atoms with Gasteiger partial charge in [0.1, 0.15) is 5.75 Å². The maximum absolute atomic E-state index is 12.2. The number of amides is 2. The molecule has 2 amide bonds. The number of nitrogens with zero attached hydrogens (tertiary/aromatic N) is 1. The summed E-state index contributed by atoms with van der Waals surface area (Å²) >= 11 is 0. The first-order chi connectivity index (χ1) is 13.3. The van der Waals surface area contributed by atoms with Gasteiger partial charge in [-0.3, -0.25) is 9.59 Å². The number of ether oxygens (including phenoxy) is 1. The van der Waals surface area contributed by atoms with E-state index in [1.54, 1.807) is 38.4 Å². The van der Waals surface area contributed by atoms with E-state index in [-0.39, 0.29) is 18.4 Å². The number of rotatable bonds is 9. The van der Waals surface area contributed by atoms with Crippen LogP contribution in [0.3, 0.4) is 0 Å². The standard InChI is InChI=1S/C22H29N3O3/c1-16(2)11-12-28-20-10-6-8-18(14-20)23-15-21(26)24-19-9-5-7-17(13-19)22(27)25(3)4/h5-10,13-14,16,23H,11-12,15H2,1-4H3,(H,24,26). The van der Waals surface area contributed by atoms with Crippen molar-refractivity contribution in [2.45, 2.75) is 20.3 Å². The molecule has 0 atom stereocenters. The third-order valence-electron chi connectivity index (χ3n) is 4.05. The monoisotopic (exact) mass is 383 g/mol. The molecule has 28 heavy (non-hydrogen) atoms.